The first-order valence-corrected chi connectivity index (χ1v) is 7.80. The minimum absolute atomic E-state index is 0.0863. The van der Waals surface area contributed by atoms with Gasteiger partial charge in [-0.1, -0.05) is 6.92 Å². The van der Waals surface area contributed by atoms with Crippen LogP contribution in [-0.4, -0.2) is 61.8 Å². The number of carbonyl (C=O) groups excluding carboxylic acids is 1. The number of amides is 1. The van der Waals surface area contributed by atoms with E-state index < -0.39 is 0 Å². The van der Waals surface area contributed by atoms with Crippen LogP contribution < -0.4 is 10.6 Å². The summed E-state index contributed by atoms with van der Waals surface area (Å²) in [5.41, 5.74) is -0.124. The van der Waals surface area contributed by atoms with Gasteiger partial charge in [0.2, 0.25) is 5.91 Å². The maximum atomic E-state index is 12.0. The van der Waals surface area contributed by atoms with Gasteiger partial charge in [0, 0.05) is 18.6 Å². The Balaban J connectivity index is 2.12. The highest BCUT2D eigenvalue weighted by atomic mass is 16.5. The Bertz CT molecular complexity index is 289. The fourth-order valence-electron chi connectivity index (χ4n) is 2.07. The molecule has 1 aliphatic heterocycles. The predicted octanol–water partition coefficient (Wildman–Crippen LogP) is 0.992. The lowest BCUT2D eigenvalue weighted by Crippen LogP contribution is -2.51. The number of nitrogens with one attached hydrogen (secondary N) is 2. The molecule has 0 bridgehead atoms. The summed E-state index contributed by atoms with van der Waals surface area (Å²) >= 11 is 0. The van der Waals surface area contributed by atoms with Crippen molar-refractivity contribution in [3.63, 3.8) is 0 Å². The number of morpholine rings is 1. The van der Waals surface area contributed by atoms with Crippen molar-refractivity contribution in [2.45, 2.75) is 52.1 Å². The minimum atomic E-state index is -0.134. The quantitative estimate of drug-likeness (QED) is 0.653. The summed E-state index contributed by atoms with van der Waals surface area (Å²) in [6.07, 6.45) is 2.00. The lowest BCUT2D eigenvalue weighted by molar-refractivity contribution is -0.124. The van der Waals surface area contributed by atoms with Crippen molar-refractivity contribution in [3.05, 3.63) is 0 Å². The number of carbonyl (C=O) groups is 1. The predicted molar refractivity (Wildman–Crippen MR) is 81.9 cm³/mol. The molecular formula is C15H31N3O2. The second-order valence-electron chi connectivity index (χ2n) is 6.21. The highest BCUT2D eigenvalue weighted by molar-refractivity contribution is 5.81. The maximum Gasteiger partial charge on any atom is 0.237 e. The smallest absolute Gasteiger partial charge is 0.237 e. The zero-order valence-corrected chi connectivity index (χ0v) is 13.5. The highest BCUT2D eigenvalue weighted by Gasteiger charge is 2.21. The zero-order chi connectivity index (χ0) is 15.0. The second kappa shape index (κ2) is 8.60. The van der Waals surface area contributed by atoms with Crippen LogP contribution >= 0.6 is 0 Å². The van der Waals surface area contributed by atoms with Gasteiger partial charge in [-0.3, -0.25) is 9.69 Å². The zero-order valence-electron chi connectivity index (χ0n) is 13.5. The van der Waals surface area contributed by atoms with E-state index in [-0.39, 0.29) is 17.5 Å². The molecule has 1 atom stereocenters. The van der Waals surface area contributed by atoms with Crippen molar-refractivity contribution in [1.29, 1.82) is 0 Å². The Morgan fingerprint density at radius 2 is 2.00 bits per heavy atom. The summed E-state index contributed by atoms with van der Waals surface area (Å²) in [4.78, 5) is 14.4. The van der Waals surface area contributed by atoms with Crippen LogP contribution in [0.25, 0.3) is 0 Å². The normalized spacial score (nSPS) is 18.8. The second-order valence-corrected chi connectivity index (χ2v) is 6.21. The molecule has 0 saturated carbocycles. The number of rotatable bonds is 8. The molecule has 0 radical (unpaired) electrons. The molecule has 5 heteroatoms. The molecule has 1 amide bonds. The minimum Gasteiger partial charge on any atom is -0.379 e. The Kier molecular flexibility index (Phi) is 7.48. The SMILES string of the molecule is CCC(C)(C)NC(=O)C(C)NCCCN1CCOCC1. The van der Waals surface area contributed by atoms with E-state index in [1.54, 1.807) is 0 Å². The molecule has 1 rings (SSSR count). The van der Waals surface area contributed by atoms with Crippen molar-refractivity contribution in [2.75, 3.05) is 39.4 Å². The maximum absolute atomic E-state index is 12.0. The van der Waals surface area contributed by atoms with Crippen molar-refractivity contribution >= 4 is 5.91 Å². The van der Waals surface area contributed by atoms with E-state index in [1.165, 1.54) is 0 Å². The Morgan fingerprint density at radius 3 is 2.60 bits per heavy atom. The van der Waals surface area contributed by atoms with Crippen LogP contribution in [0.1, 0.15) is 40.5 Å². The van der Waals surface area contributed by atoms with E-state index >= 15 is 0 Å². The molecule has 0 aromatic heterocycles. The average Bonchev–Trinajstić information content (AvgIpc) is 2.44. The van der Waals surface area contributed by atoms with E-state index in [2.05, 4.69) is 36.3 Å². The Labute approximate surface area is 123 Å². The summed E-state index contributed by atoms with van der Waals surface area (Å²) in [6, 6.07) is -0.134. The third kappa shape index (κ3) is 6.68. The molecule has 1 heterocycles. The van der Waals surface area contributed by atoms with E-state index in [4.69, 9.17) is 4.74 Å². The van der Waals surface area contributed by atoms with Gasteiger partial charge in [0.1, 0.15) is 0 Å². The summed E-state index contributed by atoms with van der Waals surface area (Å²) < 4.78 is 5.32. The highest BCUT2D eigenvalue weighted by Crippen LogP contribution is 2.07. The van der Waals surface area contributed by atoms with Crippen molar-refractivity contribution in [1.82, 2.24) is 15.5 Å². The first-order valence-electron chi connectivity index (χ1n) is 7.80. The molecule has 2 N–H and O–H groups in total. The van der Waals surface area contributed by atoms with Gasteiger partial charge in [-0.15, -0.1) is 0 Å². The van der Waals surface area contributed by atoms with Gasteiger partial charge in [-0.25, -0.2) is 0 Å². The molecule has 0 aromatic rings. The fraction of sp³-hybridized carbons (Fsp3) is 0.933. The summed E-state index contributed by atoms with van der Waals surface area (Å²) in [5, 5.41) is 6.37. The van der Waals surface area contributed by atoms with Crippen LogP contribution in [0.15, 0.2) is 0 Å². The van der Waals surface area contributed by atoms with Gasteiger partial charge in [0.25, 0.3) is 0 Å². The van der Waals surface area contributed by atoms with Crippen LogP contribution in [0.2, 0.25) is 0 Å². The molecule has 5 nitrogen and oxygen atoms in total. The first kappa shape index (κ1) is 17.4. The number of nitrogens with zero attached hydrogens (tertiary/aromatic N) is 1. The largest absolute Gasteiger partial charge is 0.379 e. The molecule has 1 unspecified atom stereocenters. The van der Waals surface area contributed by atoms with E-state index in [1.807, 2.05) is 6.92 Å². The average molecular weight is 285 g/mol. The standard InChI is InChI=1S/C15H31N3O2/c1-5-15(3,4)17-14(19)13(2)16-7-6-8-18-9-11-20-12-10-18/h13,16H,5-12H2,1-4H3,(H,17,19). The molecule has 0 aliphatic carbocycles. The van der Waals surface area contributed by atoms with Gasteiger partial charge in [0.15, 0.2) is 0 Å². The Hall–Kier alpha value is -0.650. The third-order valence-electron chi connectivity index (χ3n) is 3.94. The first-order chi connectivity index (χ1) is 9.44. The molecular weight excluding hydrogens is 254 g/mol. The van der Waals surface area contributed by atoms with Gasteiger partial charge in [-0.2, -0.15) is 0 Å². The number of ether oxygens (including phenoxy) is 1. The van der Waals surface area contributed by atoms with Crippen LogP contribution in [-0.2, 0) is 9.53 Å². The van der Waals surface area contributed by atoms with Crippen LogP contribution in [0.5, 0.6) is 0 Å². The topological polar surface area (TPSA) is 53.6 Å². The molecule has 118 valence electrons. The molecule has 0 aromatic carbocycles. The molecule has 0 spiro atoms. The number of hydrogen-bond acceptors (Lipinski definition) is 4. The molecule has 20 heavy (non-hydrogen) atoms. The van der Waals surface area contributed by atoms with Gasteiger partial charge >= 0.3 is 0 Å². The van der Waals surface area contributed by atoms with Gasteiger partial charge in [-0.05, 0) is 46.7 Å². The van der Waals surface area contributed by atoms with Crippen LogP contribution in [0.3, 0.4) is 0 Å². The third-order valence-corrected chi connectivity index (χ3v) is 3.94. The van der Waals surface area contributed by atoms with Crippen LogP contribution in [0.4, 0.5) is 0 Å². The van der Waals surface area contributed by atoms with Crippen molar-refractivity contribution < 1.29 is 9.53 Å². The van der Waals surface area contributed by atoms with Crippen molar-refractivity contribution in [3.8, 4) is 0 Å². The van der Waals surface area contributed by atoms with E-state index in [0.717, 1.165) is 52.2 Å². The lowest BCUT2D eigenvalue weighted by Gasteiger charge is -2.28. The summed E-state index contributed by atoms with van der Waals surface area (Å²) in [5.74, 6) is 0.0863. The lowest BCUT2D eigenvalue weighted by atomic mass is 10.0. The van der Waals surface area contributed by atoms with Gasteiger partial charge < -0.3 is 15.4 Å². The Morgan fingerprint density at radius 1 is 1.35 bits per heavy atom. The fourth-order valence-corrected chi connectivity index (χ4v) is 2.07. The molecule has 1 aliphatic rings. The number of hydrogen-bond donors (Lipinski definition) is 2. The van der Waals surface area contributed by atoms with E-state index in [0.29, 0.717) is 0 Å². The monoisotopic (exact) mass is 285 g/mol. The van der Waals surface area contributed by atoms with E-state index in [9.17, 15) is 4.79 Å². The molecule has 1 fully saturated rings. The summed E-state index contributed by atoms with van der Waals surface area (Å²) in [6.45, 7) is 13.8. The molecule has 1 saturated heterocycles. The summed E-state index contributed by atoms with van der Waals surface area (Å²) in [7, 11) is 0. The van der Waals surface area contributed by atoms with Crippen LogP contribution in [0, 0.1) is 0 Å². The van der Waals surface area contributed by atoms with Crippen molar-refractivity contribution in [2.24, 2.45) is 0 Å². The van der Waals surface area contributed by atoms with Gasteiger partial charge in [0.05, 0.1) is 19.3 Å².